The molecular formula is C19H21F2N3O. The average Bonchev–Trinajstić information content (AvgIpc) is 2.56. The van der Waals surface area contributed by atoms with Gasteiger partial charge in [0, 0.05) is 31.4 Å². The largest absolute Gasteiger partial charge is 0.382 e. The van der Waals surface area contributed by atoms with Gasteiger partial charge >= 0.3 is 0 Å². The number of anilines is 1. The van der Waals surface area contributed by atoms with E-state index >= 15 is 0 Å². The van der Waals surface area contributed by atoms with E-state index in [1.165, 1.54) is 5.56 Å². The maximum atomic E-state index is 13.8. The summed E-state index contributed by atoms with van der Waals surface area (Å²) >= 11 is 0. The molecule has 1 heterocycles. The number of nitrogens with zero attached hydrogens (tertiary/aromatic N) is 1. The van der Waals surface area contributed by atoms with E-state index in [1.54, 1.807) is 0 Å². The summed E-state index contributed by atoms with van der Waals surface area (Å²) in [6, 6.07) is 12.7. The van der Waals surface area contributed by atoms with E-state index in [-0.39, 0.29) is 6.04 Å². The summed E-state index contributed by atoms with van der Waals surface area (Å²) in [6.45, 7) is 2.73. The number of hydrogen-bond donors (Lipinski definition) is 2. The molecule has 3 N–H and O–H groups in total. The summed E-state index contributed by atoms with van der Waals surface area (Å²) in [6.07, 6.45) is 1.77. The Morgan fingerprint density at radius 3 is 2.28 bits per heavy atom. The van der Waals surface area contributed by atoms with Crippen LogP contribution in [0.5, 0.6) is 0 Å². The topological polar surface area (TPSA) is 58.4 Å². The van der Waals surface area contributed by atoms with Crippen molar-refractivity contribution < 1.29 is 13.6 Å². The highest BCUT2D eigenvalue weighted by Crippen LogP contribution is 2.22. The van der Waals surface area contributed by atoms with Crippen LogP contribution in [-0.2, 0) is 6.54 Å². The Morgan fingerprint density at radius 1 is 1.12 bits per heavy atom. The molecule has 0 saturated carbocycles. The van der Waals surface area contributed by atoms with Crippen molar-refractivity contribution in [2.75, 3.05) is 18.4 Å². The third-order valence-corrected chi connectivity index (χ3v) is 4.50. The predicted molar refractivity (Wildman–Crippen MR) is 93.2 cm³/mol. The first-order valence-electron chi connectivity index (χ1n) is 8.34. The lowest BCUT2D eigenvalue weighted by molar-refractivity contribution is 0.0992. The Morgan fingerprint density at radius 2 is 1.72 bits per heavy atom. The van der Waals surface area contributed by atoms with Gasteiger partial charge in [-0.25, -0.2) is 8.78 Å². The van der Waals surface area contributed by atoms with Crippen molar-refractivity contribution in [3.8, 4) is 0 Å². The zero-order valence-corrected chi connectivity index (χ0v) is 13.8. The highest BCUT2D eigenvalue weighted by atomic mass is 19.1. The fourth-order valence-corrected chi connectivity index (χ4v) is 3.20. The van der Waals surface area contributed by atoms with Crippen LogP contribution in [0.2, 0.25) is 0 Å². The van der Waals surface area contributed by atoms with Crippen LogP contribution in [0.3, 0.4) is 0 Å². The zero-order chi connectivity index (χ0) is 17.8. The average molecular weight is 345 g/mol. The minimum atomic E-state index is -1.10. The smallest absolute Gasteiger partial charge is 0.254 e. The summed E-state index contributed by atoms with van der Waals surface area (Å²) in [5, 5.41) is 3.15. The molecule has 0 aromatic heterocycles. The Labute approximate surface area is 145 Å². The third-order valence-electron chi connectivity index (χ3n) is 4.50. The van der Waals surface area contributed by atoms with Crippen molar-refractivity contribution in [1.29, 1.82) is 0 Å². The highest BCUT2D eigenvalue weighted by molar-refractivity contribution is 5.93. The van der Waals surface area contributed by atoms with Crippen LogP contribution in [0.25, 0.3) is 0 Å². The number of carbonyl (C=O) groups excluding carboxylic acids is 1. The van der Waals surface area contributed by atoms with Gasteiger partial charge in [0.1, 0.15) is 17.2 Å². The summed E-state index contributed by atoms with van der Waals surface area (Å²) in [5.41, 5.74) is 5.90. The van der Waals surface area contributed by atoms with Gasteiger partial charge in [-0.2, -0.15) is 0 Å². The van der Waals surface area contributed by atoms with Crippen LogP contribution in [-0.4, -0.2) is 29.9 Å². The van der Waals surface area contributed by atoms with Crippen molar-refractivity contribution in [3.63, 3.8) is 0 Å². The fourth-order valence-electron chi connectivity index (χ4n) is 3.20. The lowest BCUT2D eigenvalue weighted by atomic mass is 10.0. The molecule has 1 fully saturated rings. The molecule has 6 heteroatoms. The Hall–Kier alpha value is -2.47. The van der Waals surface area contributed by atoms with Gasteiger partial charge in [-0.05, 0) is 30.5 Å². The lowest BCUT2D eigenvalue weighted by Gasteiger charge is -2.33. The molecule has 0 unspecified atom stereocenters. The van der Waals surface area contributed by atoms with Crippen molar-refractivity contribution in [2.24, 2.45) is 5.73 Å². The normalized spacial score (nSPS) is 15.9. The van der Waals surface area contributed by atoms with Crippen molar-refractivity contribution in [1.82, 2.24) is 4.90 Å². The quantitative estimate of drug-likeness (QED) is 0.875. The van der Waals surface area contributed by atoms with Crippen molar-refractivity contribution in [3.05, 3.63) is 65.2 Å². The van der Waals surface area contributed by atoms with Crippen LogP contribution in [0, 0.1) is 11.6 Å². The number of benzene rings is 2. The SMILES string of the molecule is NC(=O)c1c(F)cc(NC2CCN(Cc3ccccc3)CC2)cc1F. The molecule has 1 saturated heterocycles. The third kappa shape index (κ3) is 4.33. The van der Waals surface area contributed by atoms with Crippen LogP contribution in [0.15, 0.2) is 42.5 Å². The molecule has 0 spiro atoms. The maximum absolute atomic E-state index is 13.8. The minimum absolute atomic E-state index is 0.144. The second-order valence-corrected chi connectivity index (χ2v) is 6.36. The number of rotatable bonds is 5. The van der Waals surface area contributed by atoms with Crippen LogP contribution < -0.4 is 11.1 Å². The first kappa shape index (κ1) is 17.4. The van der Waals surface area contributed by atoms with E-state index in [0.29, 0.717) is 5.69 Å². The molecule has 0 bridgehead atoms. The highest BCUT2D eigenvalue weighted by Gasteiger charge is 2.21. The van der Waals surface area contributed by atoms with Gasteiger partial charge < -0.3 is 11.1 Å². The number of hydrogen-bond acceptors (Lipinski definition) is 3. The second-order valence-electron chi connectivity index (χ2n) is 6.36. The Bertz CT molecular complexity index is 721. The second kappa shape index (κ2) is 7.61. The van der Waals surface area contributed by atoms with Gasteiger partial charge in [-0.3, -0.25) is 9.69 Å². The van der Waals surface area contributed by atoms with Gasteiger partial charge in [0.25, 0.3) is 5.91 Å². The molecule has 132 valence electrons. The number of amides is 1. The molecule has 3 rings (SSSR count). The summed E-state index contributed by atoms with van der Waals surface area (Å²) < 4.78 is 27.7. The minimum Gasteiger partial charge on any atom is -0.382 e. The molecule has 1 aliphatic rings. The summed E-state index contributed by atoms with van der Waals surface area (Å²) in [7, 11) is 0. The molecule has 25 heavy (non-hydrogen) atoms. The van der Waals surface area contributed by atoms with Crippen molar-refractivity contribution >= 4 is 11.6 Å². The number of primary amides is 1. The number of nitrogens with two attached hydrogens (primary N) is 1. The molecule has 0 radical (unpaired) electrons. The maximum Gasteiger partial charge on any atom is 0.254 e. The first-order chi connectivity index (χ1) is 12.0. The number of nitrogens with one attached hydrogen (secondary N) is 1. The van der Waals surface area contributed by atoms with Gasteiger partial charge in [0.15, 0.2) is 0 Å². The Balaban J connectivity index is 1.56. The molecule has 0 atom stereocenters. The molecule has 1 aliphatic heterocycles. The van der Waals surface area contributed by atoms with Gasteiger partial charge in [-0.1, -0.05) is 30.3 Å². The predicted octanol–water partition coefficient (Wildman–Crippen LogP) is 3.14. The van der Waals surface area contributed by atoms with Gasteiger partial charge in [0.2, 0.25) is 0 Å². The van der Waals surface area contributed by atoms with E-state index in [2.05, 4.69) is 22.3 Å². The molecule has 1 amide bonds. The zero-order valence-electron chi connectivity index (χ0n) is 13.8. The van der Waals surface area contributed by atoms with Crippen molar-refractivity contribution in [2.45, 2.75) is 25.4 Å². The van der Waals surface area contributed by atoms with E-state index in [4.69, 9.17) is 5.73 Å². The van der Waals surface area contributed by atoms with Gasteiger partial charge in [-0.15, -0.1) is 0 Å². The van der Waals surface area contributed by atoms with Crippen LogP contribution in [0.4, 0.5) is 14.5 Å². The van der Waals surface area contributed by atoms with E-state index in [0.717, 1.165) is 44.6 Å². The number of halogens is 2. The first-order valence-corrected chi connectivity index (χ1v) is 8.34. The fraction of sp³-hybridized carbons (Fsp3) is 0.316. The number of piperidine rings is 1. The molecule has 2 aromatic rings. The lowest BCUT2D eigenvalue weighted by Crippen LogP contribution is -2.38. The van der Waals surface area contributed by atoms with Gasteiger partial charge in [0.05, 0.1) is 0 Å². The van der Waals surface area contributed by atoms with E-state index in [9.17, 15) is 13.6 Å². The van der Waals surface area contributed by atoms with E-state index < -0.39 is 23.1 Å². The van der Waals surface area contributed by atoms with Crippen LogP contribution in [0.1, 0.15) is 28.8 Å². The van der Waals surface area contributed by atoms with Crippen LogP contribution >= 0.6 is 0 Å². The molecule has 4 nitrogen and oxygen atoms in total. The molecular weight excluding hydrogens is 324 g/mol. The summed E-state index contributed by atoms with van der Waals surface area (Å²) in [4.78, 5) is 13.4. The molecule has 0 aliphatic carbocycles. The standard InChI is InChI=1S/C19H21F2N3O/c20-16-10-15(11-17(21)18(16)19(22)25)23-14-6-8-24(9-7-14)12-13-4-2-1-3-5-13/h1-5,10-11,14,23H,6-9,12H2,(H2,22,25). The monoisotopic (exact) mass is 345 g/mol. The molecule has 2 aromatic carbocycles. The summed E-state index contributed by atoms with van der Waals surface area (Å²) in [5.74, 6) is -2.97. The van der Waals surface area contributed by atoms with E-state index in [1.807, 2.05) is 18.2 Å². The number of carbonyl (C=O) groups is 1. The Kier molecular flexibility index (Phi) is 5.28. The number of likely N-dealkylation sites (tertiary alicyclic amines) is 1.